The van der Waals surface area contributed by atoms with Gasteiger partial charge in [-0.3, -0.25) is 9.36 Å². The van der Waals surface area contributed by atoms with Crippen LogP contribution in [0.25, 0.3) is 5.82 Å². The summed E-state index contributed by atoms with van der Waals surface area (Å²) < 4.78 is 13.6. The fraction of sp³-hybridized carbons (Fsp3) is 0.250. The Morgan fingerprint density at radius 3 is 2.71 bits per heavy atom. The second kappa shape index (κ2) is 8.88. The number of rotatable bonds is 7. The summed E-state index contributed by atoms with van der Waals surface area (Å²) in [7, 11) is 1.54. The number of amides is 1. The van der Waals surface area contributed by atoms with Gasteiger partial charge in [-0.1, -0.05) is 6.92 Å². The molecular formula is C20H21BrN4O3. The Morgan fingerprint density at radius 2 is 2.11 bits per heavy atom. The van der Waals surface area contributed by atoms with E-state index in [1.165, 1.54) is 0 Å². The molecule has 0 fully saturated rings. The topological polar surface area (TPSA) is 78.3 Å². The molecule has 0 radical (unpaired) electrons. The molecule has 8 heteroatoms. The predicted molar refractivity (Wildman–Crippen MR) is 111 cm³/mol. The van der Waals surface area contributed by atoms with Crippen LogP contribution in [0.15, 0.2) is 47.3 Å². The van der Waals surface area contributed by atoms with Crippen molar-refractivity contribution in [3.05, 3.63) is 58.7 Å². The van der Waals surface area contributed by atoms with E-state index in [1.54, 1.807) is 37.7 Å². The molecule has 3 rings (SSSR count). The Balaban J connectivity index is 1.77. The van der Waals surface area contributed by atoms with E-state index >= 15 is 0 Å². The zero-order chi connectivity index (χ0) is 20.1. The average Bonchev–Trinajstić information content (AvgIpc) is 3.13. The van der Waals surface area contributed by atoms with Crippen LogP contribution in [-0.4, -0.2) is 34.2 Å². The number of carbonyl (C=O) groups is 1. The molecule has 2 aromatic heterocycles. The first-order valence-corrected chi connectivity index (χ1v) is 9.60. The van der Waals surface area contributed by atoms with E-state index in [2.05, 4.69) is 31.2 Å². The van der Waals surface area contributed by atoms with Crippen LogP contribution in [0.2, 0.25) is 0 Å². The number of aryl methyl sites for hydroxylation is 1. The SMILES string of the molecule is CCCOc1c(Br)cc(C(=O)Nc2ccc(-n3ccnc3C)nc2)cc1OC. The van der Waals surface area contributed by atoms with E-state index in [0.29, 0.717) is 33.8 Å². The minimum atomic E-state index is -0.269. The lowest BCUT2D eigenvalue weighted by molar-refractivity contribution is 0.102. The van der Waals surface area contributed by atoms with Crippen molar-refractivity contribution in [3.63, 3.8) is 0 Å². The van der Waals surface area contributed by atoms with Gasteiger partial charge in [0.05, 0.1) is 30.1 Å². The van der Waals surface area contributed by atoms with Crippen LogP contribution in [-0.2, 0) is 0 Å². The van der Waals surface area contributed by atoms with Gasteiger partial charge in [0.25, 0.3) is 5.91 Å². The molecule has 1 aromatic carbocycles. The molecule has 0 saturated carbocycles. The number of imidazole rings is 1. The van der Waals surface area contributed by atoms with E-state index in [4.69, 9.17) is 9.47 Å². The normalized spacial score (nSPS) is 10.6. The van der Waals surface area contributed by atoms with Crippen LogP contribution >= 0.6 is 15.9 Å². The van der Waals surface area contributed by atoms with Gasteiger partial charge in [0.2, 0.25) is 0 Å². The standard InChI is InChI=1S/C20H21BrN4O3/c1-4-9-28-19-16(21)10-14(11-17(19)27-3)20(26)24-15-5-6-18(23-12-15)25-8-7-22-13(25)2/h5-8,10-12H,4,9H2,1-3H3,(H,24,26). The number of pyridine rings is 1. The average molecular weight is 445 g/mol. The highest BCUT2D eigenvalue weighted by Gasteiger charge is 2.16. The van der Waals surface area contributed by atoms with Gasteiger partial charge in [-0.2, -0.15) is 0 Å². The summed E-state index contributed by atoms with van der Waals surface area (Å²) in [6.45, 7) is 4.49. The summed E-state index contributed by atoms with van der Waals surface area (Å²) in [6.07, 6.45) is 6.03. The third-order valence-electron chi connectivity index (χ3n) is 4.02. The number of nitrogens with zero attached hydrogens (tertiary/aromatic N) is 3. The van der Waals surface area contributed by atoms with Crippen molar-refractivity contribution >= 4 is 27.5 Å². The number of ether oxygens (including phenoxy) is 2. The number of anilines is 1. The molecule has 1 N–H and O–H groups in total. The Bertz CT molecular complexity index is 970. The lowest BCUT2D eigenvalue weighted by atomic mass is 10.2. The molecule has 0 bridgehead atoms. The monoisotopic (exact) mass is 444 g/mol. The first kappa shape index (κ1) is 19.9. The van der Waals surface area contributed by atoms with E-state index in [1.807, 2.05) is 30.7 Å². The van der Waals surface area contributed by atoms with Crippen molar-refractivity contribution in [1.82, 2.24) is 14.5 Å². The van der Waals surface area contributed by atoms with E-state index in [-0.39, 0.29) is 5.91 Å². The molecule has 0 aliphatic heterocycles. The summed E-state index contributed by atoms with van der Waals surface area (Å²) in [6, 6.07) is 6.98. The summed E-state index contributed by atoms with van der Waals surface area (Å²) >= 11 is 3.46. The molecule has 146 valence electrons. The molecule has 7 nitrogen and oxygen atoms in total. The Labute approximate surface area is 171 Å². The number of hydrogen-bond donors (Lipinski definition) is 1. The number of aromatic nitrogens is 3. The van der Waals surface area contributed by atoms with Gasteiger partial charge in [0.15, 0.2) is 11.5 Å². The highest BCUT2D eigenvalue weighted by Crippen LogP contribution is 2.37. The van der Waals surface area contributed by atoms with Gasteiger partial charge in [0, 0.05) is 18.0 Å². The zero-order valence-corrected chi connectivity index (χ0v) is 17.5. The van der Waals surface area contributed by atoms with Crippen LogP contribution < -0.4 is 14.8 Å². The molecular weight excluding hydrogens is 424 g/mol. The van der Waals surface area contributed by atoms with Gasteiger partial charge in [-0.05, 0) is 53.5 Å². The summed E-state index contributed by atoms with van der Waals surface area (Å²) in [5.74, 6) is 2.38. The third kappa shape index (κ3) is 4.33. The maximum absolute atomic E-state index is 12.7. The van der Waals surface area contributed by atoms with Crippen LogP contribution in [0.5, 0.6) is 11.5 Å². The minimum absolute atomic E-state index is 0.269. The molecule has 0 spiro atoms. The van der Waals surface area contributed by atoms with E-state index < -0.39 is 0 Å². The quantitative estimate of drug-likeness (QED) is 0.584. The van der Waals surface area contributed by atoms with Crippen molar-refractivity contribution in [2.45, 2.75) is 20.3 Å². The Morgan fingerprint density at radius 1 is 1.29 bits per heavy atom. The van der Waals surface area contributed by atoms with Crippen molar-refractivity contribution < 1.29 is 14.3 Å². The number of benzene rings is 1. The first-order chi connectivity index (χ1) is 13.5. The fourth-order valence-electron chi connectivity index (χ4n) is 2.62. The van der Waals surface area contributed by atoms with Gasteiger partial charge < -0.3 is 14.8 Å². The van der Waals surface area contributed by atoms with E-state index in [9.17, 15) is 4.79 Å². The second-order valence-electron chi connectivity index (χ2n) is 6.04. The highest BCUT2D eigenvalue weighted by atomic mass is 79.9. The lowest BCUT2D eigenvalue weighted by Gasteiger charge is -2.14. The fourth-order valence-corrected chi connectivity index (χ4v) is 3.18. The molecule has 0 unspecified atom stereocenters. The van der Waals surface area contributed by atoms with Crippen molar-refractivity contribution in [2.75, 3.05) is 19.0 Å². The van der Waals surface area contributed by atoms with Gasteiger partial charge in [-0.25, -0.2) is 9.97 Å². The maximum atomic E-state index is 12.7. The molecule has 2 heterocycles. The largest absolute Gasteiger partial charge is 0.493 e. The first-order valence-electron chi connectivity index (χ1n) is 8.81. The highest BCUT2D eigenvalue weighted by molar-refractivity contribution is 9.10. The molecule has 0 atom stereocenters. The molecule has 0 aliphatic carbocycles. The number of halogens is 1. The molecule has 0 aliphatic rings. The Kier molecular flexibility index (Phi) is 6.30. The van der Waals surface area contributed by atoms with Gasteiger partial charge in [-0.15, -0.1) is 0 Å². The van der Waals surface area contributed by atoms with Gasteiger partial charge in [0.1, 0.15) is 11.6 Å². The van der Waals surface area contributed by atoms with E-state index in [0.717, 1.165) is 18.1 Å². The van der Waals surface area contributed by atoms with Crippen molar-refractivity contribution in [2.24, 2.45) is 0 Å². The number of hydrogen-bond acceptors (Lipinski definition) is 5. The zero-order valence-electron chi connectivity index (χ0n) is 15.9. The molecule has 1 amide bonds. The Hall–Kier alpha value is -2.87. The smallest absolute Gasteiger partial charge is 0.255 e. The second-order valence-corrected chi connectivity index (χ2v) is 6.90. The molecule has 3 aromatic rings. The van der Waals surface area contributed by atoms with Crippen molar-refractivity contribution in [3.8, 4) is 17.3 Å². The minimum Gasteiger partial charge on any atom is -0.493 e. The summed E-state index contributed by atoms with van der Waals surface area (Å²) in [4.78, 5) is 21.2. The number of nitrogens with one attached hydrogen (secondary N) is 1. The predicted octanol–water partition coefficient (Wildman–Crippen LogP) is 4.39. The van der Waals surface area contributed by atoms with Crippen LogP contribution in [0, 0.1) is 6.92 Å². The van der Waals surface area contributed by atoms with Crippen LogP contribution in [0.3, 0.4) is 0 Å². The van der Waals surface area contributed by atoms with Crippen LogP contribution in [0.4, 0.5) is 5.69 Å². The number of methoxy groups -OCH3 is 1. The maximum Gasteiger partial charge on any atom is 0.255 e. The summed E-state index contributed by atoms with van der Waals surface area (Å²) in [5.41, 5.74) is 1.04. The lowest BCUT2D eigenvalue weighted by Crippen LogP contribution is -2.13. The molecule has 28 heavy (non-hydrogen) atoms. The van der Waals surface area contributed by atoms with Crippen LogP contribution in [0.1, 0.15) is 29.5 Å². The molecule has 0 saturated heterocycles. The summed E-state index contributed by atoms with van der Waals surface area (Å²) in [5, 5.41) is 2.84. The third-order valence-corrected chi connectivity index (χ3v) is 4.61. The van der Waals surface area contributed by atoms with Gasteiger partial charge >= 0.3 is 0 Å². The number of carbonyl (C=O) groups excluding carboxylic acids is 1. The van der Waals surface area contributed by atoms with Crippen molar-refractivity contribution in [1.29, 1.82) is 0 Å².